The van der Waals surface area contributed by atoms with Crippen molar-refractivity contribution >= 4 is 6.34 Å². The lowest BCUT2D eigenvalue weighted by molar-refractivity contribution is 0.399. The van der Waals surface area contributed by atoms with Crippen LogP contribution in [0.3, 0.4) is 0 Å². The molecule has 0 spiro atoms. The van der Waals surface area contributed by atoms with E-state index in [9.17, 15) is 5.11 Å². The first-order valence-electron chi connectivity index (χ1n) is 4.28. The number of nitrogens with one attached hydrogen (secondary N) is 1. The van der Waals surface area contributed by atoms with Crippen LogP contribution in [0.1, 0.15) is 18.1 Å². The third kappa shape index (κ3) is 3.35. The number of hydrogen-bond acceptors (Lipinski definition) is 3. The number of aryl methyl sites for hydroxylation is 2. The van der Waals surface area contributed by atoms with Gasteiger partial charge in [0.15, 0.2) is 11.5 Å². The van der Waals surface area contributed by atoms with Crippen LogP contribution in [-0.2, 0) is 6.42 Å². The smallest absolute Gasteiger partial charge is 0.160 e. The van der Waals surface area contributed by atoms with Gasteiger partial charge in [0.2, 0.25) is 0 Å². The van der Waals surface area contributed by atoms with Gasteiger partial charge in [0, 0.05) is 0 Å². The molecule has 0 aliphatic carbocycles. The fraction of sp³-hybridized carbons (Fsp3) is 0.300. The molecule has 0 saturated carbocycles. The lowest BCUT2D eigenvalue weighted by Crippen LogP contribution is -1.83. The number of phenolic OH excluding ortho intramolecular Hbond substituents is 2. The summed E-state index contributed by atoms with van der Waals surface area (Å²) >= 11 is 0. The Bertz CT molecular complexity index is 311. The summed E-state index contributed by atoms with van der Waals surface area (Å²) in [4.78, 5) is 0. The van der Waals surface area contributed by atoms with Crippen LogP contribution in [0, 0.1) is 12.3 Å². The summed E-state index contributed by atoms with van der Waals surface area (Å²) in [7, 11) is 0. The third-order valence-corrected chi connectivity index (χ3v) is 1.69. The van der Waals surface area contributed by atoms with Crippen molar-refractivity contribution in [1.82, 2.24) is 0 Å². The maximum atomic E-state index is 9.27. The number of hydrogen-bond donors (Lipinski definition) is 4. The second kappa shape index (κ2) is 5.85. The third-order valence-electron chi connectivity index (χ3n) is 1.69. The van der Waals surface area contributed by atoms with Crippen molar-refractivity contribution in [3.05, 3.63) is 23.3 Å². The van der Waals surface area contributed by atoms with Crippen molar-refractivity contribution in [3.63, 3.8) is 0 Å². The molecule has 0 aliphatic rings. The Kier molecular flexibility index (Phi) is 5.14. The second-order valence-electron chi connectivity index (χ2n) is 2.81. The van der Waals surface area contributed by atoms with Crippen LogP contribution in [0.15, 0.2) is 12.1 Å². The number of rotatable bonds is 1. The van der Waals surface area contributed by atoms with E-state index in [4.69, 9.17) is 10.5 Å². The molecule has 4 heteroatoms. The molecule has 1 rings (SSSR count). The van der Waals surface area contributed by atoms with Gasteiger partial charge in [-0.25, -0.2) is 0 Å². The average Bonchev–Trinajstić information content (AvgIpc) is 2.12. The zero-order valence-electron chi connectivity index (χ0n) is 8.41. The molecule has 0 radical (unpaired) electrons. The van der Waals surface area contributed by atoms with Crippen molar-refractivity contribution in [2.24, 2.45) is 5.73 Å². The zero-order valence-corrected chi connectivity index (χ0v) is 8.41. The minimum absolute atomic E-state index is 0.0121. The van der Waals surface area contributed by atoms with E-state index in [2.05, 4.69) is 5.73 Å². The van der Waals surface area contributed by atoms with Crippen molar-refractivity contribution in [2.45, 2.75) is 20.3 Å². The molecule has 78 valence electrons. The van der Waals surface area contributed by atoms with Gasteiger partial charge in [0.1, 0.15) is 0 Å². The number of nitrogens with two attached hydrogens (primary N) is 1. The highest BCUT2D eigenvalue weighted by Gasteiger charge is 2.04. The Balaban J connectivity index is 0.000000500. The van der Waals surface area contributed by atoms with Gasteiger partial charge in [-0.05, 0) is 30.5 Å². The van der Waals surface area contributed by atoms with Crippen LogP contribution in [0.5, 0.6) is 11.5 Å². The SMILES string of the molecule is CCc1cc(C)cc(O)c1O.N=CN. The molecule has 0 heterocycles. The molecule has 0 fully saturated rings. The van der Waals surface area contributed by atoms with E-state index in [0.717, 1.165) is 23.9 Å². The molecule has 5 N–H and O–H groups in total. The van der Waals surface area contributed by atoms with Crippen LogP contribution in [0.4, 0.5) is 0 Å². The molecule has 1 aromatic rings. The van der Waals surface area contributed by atoms with E-state index in [1.165, 1.54) is 0 Å². The molecule has 1 aromatic carbocycles. The van der Waals surface area contributed by atoms with E-state index < -0.39 is 0 Å². The second-order valence-corrected chi connectivity index (χ2v) is 2.81. The molecule has 0 atom stereocenters. The van der Waals surface area contributed by atoms with Gasteiger partial charge in [-0.1, -0.05) is 13.0 Å². The zero-order chi connectivity index (χ0) is 11.1. The Morgan fingerprint density at radius 2 is 1.93 bits per heavy atom. The lowest BCUT2D eigenvalue weighted by Gasteiger charge is -2.04. The summed E-state index contributed by atoms with van der Waals surface area (Å²) in [5.74, 6) is -0.0139. The molecule has 14 heavy (non-hydrogen) atoms. The first kappa shape index (κ1) is 12.3. The molecule has 0 saturated heterocycles. The quantitative estimate of drug-likeness (QED) is 0.312. The summed E-state index contributed by atoms with van der Waals surface area (Å²) < 4.78 is 0. The normalized spacial score (nSPS) is 8.71. The van der Waals surface area contributed by atoms with E-state index in [0.29, 0.717) is 0 Å². The summed E-state index contributed by atoms with van der Waals surface area (Å²) in [5, 5.41) is 24.3. The Labute approximate surface area is 83.5 Å². The number of benzene rings is 1. The highest BCUT2D eigenvalue weighted by molar-refractivity contribution is 5.47. The molecule has 4 nitrogen and oxygen atoms in total. The first-order valence-corrected chi connectivity index (χ1v) is 4.28. The highest BCUT2D eigenvalue weighted by atomic mass is 16.3. The van der Waals surface area contributed by atoms with Gasteiger partial charge in [0.25, 0.3) is 0 Å². The van der Waals surface area contributed by atoms with Gasteiger partial charge in [-0.3, -0.25) is 5.41 Å². The fourth-order valence-corrected chi connectivity index (χ4v) is 1.10. The van der Waals surface area contributed by atoms with E-state index in [1.807, 2.05) is 19.9 Å². The lowest BCUT2D eigenvalue weighted by atomic mass is 10.1. The van der Waals surface area contributed by atoms with Crippen LogP contribution in [0.25, 0.3) is 0 Å². The van der Waals surface area contributed by atoms with E-state index >= 15 is 0 Å². The number of aromatic hydroxyl groups is 2. The summed E-state index contributed by atoms with van der Waals surface area (Å²) in [5.41, 5.74) is 6.15. The minimum atomic E-state index is -0.0261. The molecule has 0 aliphatic heterocycles. The largest absolute Gasteiger partial charge is 0.504 e. The monoisotopic (exact) mass is 196 g/mol. The van der Waals surface area contributed by atoms with Crippen molar-refractivity contribution in [2.75, 3.05) is 0 Å². The molecular formula is C10H16N2O2. The van der Waals surface area contributed by atoms with Crippen LogP contribution < -0.4 is 5.73 Å². The van der Waals surface area contributed by atoms with Crippen LogP contribution in [-0.4, -0.2) is 16.6 Å². The van der Waals surface area contributed by atoms with Crippen LogP contribution >= 0.6 is 0 Å². The van der Waals surface area contributed by atoms with Gasteiger partial charge in [0.05, 0.1) is 6.34 Å². The summed E-state index contributed by atoms with van der Waals surface area (Å²) in [6, 6.07) is 3.42. The van der Waals surface area contributed by atoms with Crippen molar-refractivity contribution in [3.8, 4) is 11.5 Å². The molecular weight excluding hydrogens is 180 g/mol. The van der Waals surface area contributed by atoms with Gasteiger partial charge < -0.3 is 15.9 Å². The van der Waals surface area contributed by atoms with Crippen molar-refractivity contribution < 1.29 is 10.2 Å². The van der Waals surface area contributed by atoms with Gasteiger partial charge in [-0.2, -0.15) is 0 Å². The number of phenols is 2. The molecule has 0 bridgehead atoms. The summed E-state index contributed by atoms with van der Waals surface area (Å²) in [6.07, 6.45) is 1.49. The Hall–Kier alpha value is -1.71. The molecule has 0 aromatic heterocycles. The van der Waals surface area contributed by atoms with Crippen molar-refractivity contribution in [1.29, 1.82) is 5.41 Å². The van der Waals surface area contributed by atoms with Gasteiger partial charge in [-0.15, -0.1) is 0 Å². The predicted octanol–water partition coefficient (Wildman–Crippen LogP) is 1.52. The standard InChI is InChI=1S/C9H12O2.CH4N2/c1-3-7-4-6(2)5-8(10)9(7)11;2-1-3/h4-5,10-11H,3H2,1-2H3;1H,(H3,2,3). The maximum absolute atomic E-state index is 9.27. The molecule has 0 amide bonds. The van der Waals surface area contributed by atoms with E-state index in [1.54, 1.807) is 6.07 Å². The maximum Gasteiger partial charge on any atom is 0.160 e. The topological polar surface area (TPSA) is 90.3 Å². The average molecular weight is 196 g/mol. The summed E-state index contributed by atoms with van der Waals surface area (Å²) in [6.45, 7) is 3.83. The highest BCUT2D eigenvalue weighted by Crippen LogP contribution is 2.30. The predicted molar refractivity (Wildman–Crippen MR) is 56.9 cm³/mol. The Morgan fingerprint density at radius 3 is 2.36 bits per heavy atom. The van der Waals surface area contributed by atoms with Crippen LogP contribution in [0.2, 0.25) is 0 Å². The Morgan fingerprint density at radius 1 is 1.43 bits per heavy atom. The fourth-order valence-electron chi connectivity index (χ4n) is 1.10. The molecule has 0 unspecified atom stereocenters. The van der Waals surface area contributed by atoms with E-state index in [-0.39, 0.29) is 11.5 Å². The first-order chi connectivity index (χ1) is 6.56. The minimum Gasteiger partial charge on any atom is -0.504 e. The van der Waals surface area contributed by atoms with Gasteiger partial charge >= 0.3 is 0 Å².